The molecular weight excluding hydrogens is 198 g/mol. The smallest absolute Gasteiger partial charge is 0.135 e. The number of Topliss-reactive ketones (excluding diaryl/α,β-unsaturated/α-hetero) is 1. The van der Waals surface area contributed by atoms with E-state index in [1.54, 1.807) is 6.92 Å². The number of rotatable bonds is 2. The van der Waals surface area contributed by atoms with Gasteiger partial charge in [0.15, 0.2) is 0 Å². The van der Waals surface area contributed by atoms with Crippen molar-refractivity contribution < 1.29 is 4.79 Å². The van der Waals surface area contributed by atoms with Gasteiger partial charge in [0.05, 0.1) is 0 Å². The lowest BCUT2D eigenvalue weighted by Crippen LogP contribution is -2.13. The Balaban J connectivity index is 2.54. The molecule has 0 aromatic carbocycles. The van der Waals surface area contributed by atoms with Gasteiger partial charge in [0.2, 0.25) is 0 Å². The average molecular weight is 223 g/mol. The Kier molecular flexibility index (Phi) is 5.72. The molecule has 1 aliphatic heterocycles. The molecule has 0 aromatic rings. The van der Waals surface area contributed by atoms with Crippen molar-refractivity contribution in [2.24, 2.45) is 16.8 Å². The van der Waals surface area contributed by atoms with Crippen molar-refractivity contribution in [1.82, 2.24) is 0 Å². The van der Waals surface area contributed by atoms with Gasteiger partial charge >= 0.3 is 0 Å². The first-order chi connectivity index (χ1) is 7.59. The van der Waals surface area contributed by atoms with Crippen LogP contribution in [0.5, 0.6) is 0 Å². The molecule has 0 fully saturated rings. The maximum absolute atomic E-state index is 11.1. The monoisotopic (exact) mass is 223 g/mol. The quantitative estimate of drug-likeness (QED) is 0.702. The first-order valence-corrected chi connectivity index (χ1v) is 6.61. The van der Waals surface area contributed by atoms with Crippen LogP contribution in [-0.4, -0.2) is 18.0 Å². The lowest BCUT2D eigenvalue weighted by atomic mass is 9.87. The van der Waals surface area contributed by atoms with Crippen LogP contribution in [0.15, 0.2) is 4.99 Å². The van der Waals surface area contributed by atoms with Gasteiger partial charge in [-0.2, -0.15) is 0 Å². The Morgan fingerprint density at radius 3 is 2.62 bits per heavy atom. The molecule has 0 spiro atoms. The van der Waals surface area contributed by atoms with E-state index in [2.05, 4.69) is 18.8 Å². The predicted molar refractivity (Wildman–Crippen MR) is 69.0 cm³/mol. The number of hydrogen-bond acceptors (Lipinski definition) is 2. The minimum atomic E-state index is 0.247. The molecule has 16 heavy (non-hydrogen) atoms. The van der Waals surface area contributed by atoms with Crippen LogP contribution in [0.3, 0.4) is 0 Å². The molecule has 2 unspecified atom stereocenters. The largest absolute Gasteiger partial charge is 0.300 e. The zero-order valence-electron chi connectivity index (χ0n) is 11.0. The molecule has 0 radical (unpaired) electrons. The fraction of sp³-hybridized carbons (Fsp3) is 0.857. The SMILES string of the molecule is CC(=O)CC1=NCCC(C)C(C)CCCC1. The molecule has 2 heteroatoms. The molecule has 0 aliphatic carbocycles. The molecule has 1 aliphatic rings. The van der Waals surface area contributed by atoms with Crippen LogP contribution in [0.1, 0.15) is 59.3 Å². The molecule has 0 amide bonds. The minimum Gasteiger partial charge on any atom is -0.300 e. The highest BCUT2D eigenvalue weighted by Crippen LogP contribution is 2.22. The van der Waals surface area contributed by atoms with E-state index in [0.717, 1.165) is 30.5 Å². The van der Waals surface area contributed by atoms with E-state index in [0.29, 0.717) is 6.42 Å². The van der Waals surface area contributed by atoms with E-state index in [9.17, 15) is 4.79 Å². The molecule has 0 bridgehead atoms. The highest BCUT2D eigenvalue weighted by atomic mass is 16.1. The third kappa shape index (κ3) is 4.91. The van der Waals surface area contributed by atoms with Gasteiger partial charge in [-0.05, 0) is 38.0 Å². The second kappa shape index (κ2) is 6.82. The molecule has 0 aromatic heterocycles. The number of ketones is 1. The fourth-order valence-electron chi connectivity index (χ4n) is 2.30. The van der Waals surface area contributed by atoms with Gasteiger partial charge in [-0.15, -0.1) is 0 Å². The summed E-state index contributed by atoms with van der Waals surface area (Å²) in [5.41, 5.74) is 1.13. The molecule has 0 saturated carbocycles. The zero-order chi connectivity index (χ0) is 12.0. The highest BCUT2D eigenvalue weighted by molar-refractivity contribution is 6.00. The number of aliphatic imine (C=N–C) groups is 1. The standard InChI is InChI=1S/C14H25NO/c1-11-6-4-5-7-14(10-13(3)16)15-9-8-12(11)2/h11-12H,4-10H2,1-3H3. The Hall–Kier alpha value is -0.660. The van der Waals surface area contributed by atoms with Crippen LogP contribution in [0.2, 0.25) is 0 Å². The van der Waals surface area contributed by atoms with E-state index in [1.165, 1.54) is 25.7 Å². The molecule has 0 N–H and O–H groups in total. The second-order valence-corrected chi connectivity index (χ2v) is 5.32. The van der Waals surface area contributed by atoms with Gasteiger partial charge in [0.25, 0.3) is 0 Å². The summed E-state index contributed by atoms with van der Waals surface area (Å²) in [4.78, 5) is 15.7. The van der Waals surface area contributed by atoms with Crippen molar-refractivity contribution in [3.8, 4) is 0 Å². The number of nitrogens with zero attached hydrogens (tertiary/aromatic N) is 1. The van der Waals surface area contributed by atoms with Crippen molar-refractivity contribution >= 4 is 11.5 Å². The van der Waals surface area contributed by atoms with Crippen molar-refractivity contribution in [3.63, 3.8) is 0 Å². The van der Waals surface area contributed by atoms with Crippen LogP contribution in [-0.2, 0) is 4.79 Å². The predicted octanol–water partition coefficient (Wildman–Crippen LogP) is 3.64. The second-order valence-electron chi connectivity index (χ2n) is 5.32. The fourth-order valence-corrected chi connectivity index (χ4v) is 2.30. The summed E-state index contributed by atoms with van der Waals surface area (Å²) in [6, 6.07) is 0. The van der Waals surface area contributed by atoms with E-state index >= 15 is 0 Å². The van der Waals surface area contributed by atoms with Gasteiger partial charge in [0.1, 0.15) is 5.78 Å². The van der Waals surface area contributed by atoms with Crippen LogP contribution in [0.4, 0.5) is 0 Å². The molecule has 1 rings (SSSR count). The van der Waals surface area contributed by atoms with E-state index in [-0.39, 0.29) is 5.78 Å². The van der Waals surface area contributed by atoms with Gasteiger partial charge in [0, 0.05) is 18.7 Å². The lowest BCUT2D eigenvalue weighted by Gasteiger charge is -2.20. The third-order valence-electron chi connectivity index (χ3n) is 3.72. The maximum Gasteiger partial charge on any atom is 0.135 e. The summed E-state index contributed by atoms with van der Waals surface area (Å²) >= 11 is 0. The summed E-state index contributed by atoms with van der Waals surface area (Å²) in [6.45, 7) is 7.25. The van der Waals surface area contributed by atoms with Gasteiger partial charge in [-0.1, -0.05) is 26.7 Å². The lowest BCUT2D eigenvalue weighted by molar-refractivity contribution is -0.115. The molecule has 2 nitrogen and oxygen atoms in total. The Morgan fingerprint density at radius 2 is 1.94 bits per heavy atom. The van der Waals surface area contributed by atoms with Crippen molar-refractivity contribution in [2.75, 3.05) is 6.54 Å². The molecule has 1 heterocycles. The van der Waals surface area contributed by atoms with Crippen LogP contribution < -0.4 is 0 Å². The van der Waals surface area contributed by atoms with E-state index in [4.69, 9.17) is 0 Å². The van der Waals surface area contributed by atoms with Crippen molar-refractivity contribution in [3.05, 3.63) is 0 Å². The normalized spacial score (nSPS) is 28.3. The summed E-state index contributed by atoms with van der Waals surface area (Å²) < 4.78 is 0. The zero-order valence-corrected chi connectivity index (χ0v) is 11.0. The highest BCUT2D eigenvalue weighted by Gasteiger charge is 2.13. The van der Waals surface area contributed by atoms with E-state index < -0.39 is 0 Å². The van der Waals surface area contributed by atoms with Crippen molar-refractivity contribution in [1.29, 1.82) is 0 Å². The molecular formula is C14H25NO. The Labute approximate surface area is 99.5 Å². The Bertz CT molecular complexity index is 257. The summed E-state index contributed by atoms with van der Waals surface area (Å²) in [5.74, 6) is 1.84. The third-order valence-corrected chi connectivity index (χ3v) is 3.72. The molecule has 92 valence electrons. The summed E-state index contributed by atoms with van der Waals surface area (Å²) in [5, 5.41) is 0. The Morgan fingerprint density at radius 1 is 1.25 bits per heavy atom. The topological polar surface area (TPSA) is 29.4 Å². The molecule has 2 atom stereocenters. The van der Waals surface area contributed by atoms with Crippen LogP contribution in [0, 0.1) is 11.8 Å². The van der Waals surface area contributed by atoms with Crippen LogP contribution in [0.25, 0.3) is 0 Å². The minimum absolute atomic E-state index is 0.247. The first-order valence-electron chi connectivity index (χ1n) is 6.61. The van der Waals surface area contributed by atoms with Gasteiger partial charge < -0.3 is 0 Å². The molecule has 0 saturated heterocycles. The van der Waals surface area contributed by atoms with Crippen molar-refractivity contribution in [2.45, 2.75) is 59.3 Å². The van der Waals surface area contributed by atoms with Gasteiger partial charge in [-0.3, -0.25) is 9.79 Å². The summed E-state index contributed by atoms with van der Waals surface area (Å²) in [7, 11) is 0. The van der Waals surface area contributed by atoms with E-state index in [1.807, 2.05) is 0 Å². The average Bonchev–Trinajstić information content (AvgIpc) is 2.21. The first kappa shape index (κ1) is 13.4. The number of carbonyl (C=O) groups excluding carboxylic acids is 1. The maximum atomic E-state index is 11.1. The number of carbonyl (C=O) groups is 1. The number of hydrogen-bond donors (Lipinski definition) is 0. The van der Waals surface area contributed by atoms with Crippen LogP contribution >= 0.6 is 0 Å². The van der Waals surface area contributed by atoms with Gasteiger partial charge in [-0.25, -0.2) is 0 Å². The summed E-state index contributed by atoms with van der Waals surface area (Å²) in [6.07, 6.45) is 6.58.